The molecule has 4 nitrogen and oxygen atoms in total. The summed E-state index contributed by atoms with van der Waals surface area (Å²) in [5.41, 5.74) is 1.73. The Morgan fingerprint density at radius 3 is 2.57 bits per heavy atom. The van der Waals surface area contributed by atoms with Gasteiger partial charge in [0.05, 0.1) is 6.61 Å². The van der Waals surface area contributed by atoms with E-state index in [1.54, 1.807) is 30.5 Å². The van der Waals surface area contributed by atoms with Gasteiger partial charge in [-0.3, -0.25) is 9.00 Å². The lowest BCUT2D eigenvalue weighted by atomic mass is 10.2. The summed E-state index contributed by atoms with van der Waals surface area (Å²) < 4.78 is 16.9. The normalized spacial score (nSPS) is 11.7. The summed E-state index contributed by atoms with van der Waals surface area (Å²) in [7, 11) is -1.03. The average molecular weight is 331 g/mol. The number of carbonyl (C=O) groups excluding carboxylic acids is 1. The Morgan fingerprint density at radius 2 is 1.91 bits per heavy atom. The summed E-state index contributed by atoms with van der Waals surface area (Å²) in [6.45, 7) is 3.12. The predicted molar refractivity (Wildman–Crippen MR) is 92.4 cm³/mol. The van der Waals surface area contributed by atoms with Crippen LogP contribution in [0.4, 0.5) is 0 Å². The van der Waals surface area contributed by atoms with E-state index >= 15 is 0 Å². The van der Waals surface area contributed by atoms with E-state index in [1.807, 2.05) is 31.2 Å². The van der Waals surface area contributed by atoms with Crippen molar-refractivity contribution in [3.8, 4) is 5.75 Å². The zero-order valence-corrected chi connectivity index (χ0v) is 14.2. The van der Waals surface area contributed by atoms with Gasteiger partial charge in [-0.2, -0.15) is 0 Å². The molecule has 0 bridgehead atoms. The monoisotopic (exact) mass is 331 g/mol. The molecule has 122 valence electrons. The second kappa shape index (κ2) is 8.48. The van der Waals surface area contributed by atoms with Crippen molar-refractivity contribution in [2.45, 2.75) is 18.2 Å². The van der Waals surface area contributed by atoms with Crippen LogP contribution in [0, 0.1) is 6.92 Å². The predicted octanol–water partition coefficient (Wildman–Crippen LogP) is 2.93. The zero-order valence-electron chi connectivity index (χ0n) is 13.4. The van der Waals surface area contributed by atoms with Gasteiger partial charge in [-0.15, -0.1) is 0 Å². The van der Waals surface area contributed by atoms with Crippen LogP contribution >= 0.6 is 0 Å². The Labute approximate surface area is 139 Å². The molecule has 0 fully saturated rings. The van der Waals surface area contributed by atoms with Gasteiger partial charge >= 0.3 is 0 Å². The minimum atomic E-state index is -1.03. The first kappa shape index (κ1) is 17.2. The van der Waals surface area contributed by atoms with Gasteiger partial charge in [-0.25, -0.2) is 0 Å². The van der Waals surface area contributed by atoms with Crippen LogP contribution < -0.4 is 10.1 Å². The van der Waals surface area contributed by atoms with Gasteiger partial charge in [-0.05, 0) is 55.3 Å². The number of ether oxygens (including phenoxy) is 1. The fourth-order valence-electron chi connectivity index (χ4n) is 2.07. The third-order valence-corrected chi connectivity index (χ3v) is 4.25. The maximum atomic E-state index is 12.0. The minimum absolute atomic E-state index is 0.131. The third-order valence-electron chi connectivity index (χ3n) is 3.31. The molecular formula is C18H21NO3S. The zero-order chi connectivity index (χ0) is 16.7. The van der Waals surface area contributed by atoms with E-state index in [0.717, 1.165) is 17.7 Å². The fourth-order valence-corrected chi connectivity index (χ4v) is 2.59. The van der Waals surface area contributed by atoms with Gasteiger partial charge in [0.15, 0.2) is 0 Å². The van der Waals surface area contributed by atoms with Crippen LogP contribution in [0.25, 0.3) is 0 Å². The molecule has 0 unspecified atom stereocenters. The molecule has 2 rings (SSSR count). The van der Waals surface area contributed by atoms with E-state index in [4.69, 9.17) is 4.74 Å². The Kier molecular flexibility index (Phi) is 6.35. The van der Waals surface area contributed by atoms with E-state index < -0.39 is 10.8 Å². The minimum Gasteiger partial charge on any atom is -0.494 e. The molecule has 0 aliphatic heterocycles. The molecule has 1 N–H and O–H groups in total. The molecule has 2 aromatic carbocycles. The van der Waals surface area contributed by atoms with E-state index in [1.165, 1.54) is 0 Å². The number of aryl methyl sites for hydroxylation is 1. The number of carbonyl (C=O) groups is 1. The Hall–Kier alpha value is -2.14. The van der Waals surface area contributed by atoms with Crippen LogP contribution in [0.15, 0.2) is 53.4 Å². The number of hydrogen-bond donors (Lipinski definition) is 1. The van der Waals surface area contributed by atoms with Crippen molar-refractivity contribution in [3.63, 3.8) is 0 Å². The van der Waals surface area contributed by atoms with Crippen LogP contribution in [0.1, 0.15) is 22.3 Å². The summed E-state index contributed by atoms with van der Waals surface area (Å²) in [5, 5.41) is 2.85. The SMILES string of the molecule is Cc1cccc(OCCCNC(=O)c2ccc([S@](C)=O)cc2)c1. The summed E-state index contributed by atoms with van der Waals surface area (Å²) in [5.74, 6) is 0.716. The molecule has 0 aromatic heterocycles. The second-order valence-electron chi connectivity index (χ2n) is 5.25. The number of hydrogen-bond acceptors (Lipinski definition) is 3. The van der Waals surface area contributed by atoms with Gasteiger partial charge in [0.1, 0.15) is 5.75 Å². The van der Waals surface area contributed by atoms with Crippen molar-refractivity contribution in [2.75, 3.05) is 19.4 Å². The van der Waals surface area contributed by atoms with Crippen molar-refractivity contribution in [1.29, 1.82) is 0 Å². The molecule has 0 aliphatic rings. The summed E-state index contributed by atoms with van der Waals surface area (Å²) in [6, 6.07) is 14.7. The van der Waals surface area contributed by atoms with Crippen molar-refractivity contribution in [1.82, 2.24) is 5.32 Å². The van der Waals surface area contributed by atoms with Crippen molar-refractivity contribution in [3.05, 3.63) is 59.7 Å². The van der Waals surface area contributed by atoms with Crippen molar-refractivity contribution in [2.24, 2.45) is 0 Å². The van der Waals surface area contributed by atoms with E-state index in [9.17, 15) is 9.00 Å². The topological polar surface area (TPSA) is 55.4 Å². The van der Waals surface area contributed by atoms with Gasteiger partial charge in [0.25, 0.3) is 5.91 Å². The average Bonchev–Trinajstić information content (AvgIpc) is 2.54. The lowest BCUT2D eigenvalue weighted by molar-refractivity contribution is 0.0951. The fraction of sp³-hybridized carbons (Fsp3) is 0.278. The summed E-state index contributed by atoms with van der Waals surface area (Å²) in [4.78, 5) is 12.7. The Balaban J connectivity index is 1.71. The molecule has 0 aliphatic carbocycles. The highest BCUT2D eigenvalue weighted by Crippen LogP contribution is 2.12. The lowest BCUT2D eigenvalue weighted by Crippen LogP contribution is -2.25. The molecule has 1 atom stereocenters. The first-order valence-electron chi connectivity index (χ1n) is 7.47. The molecule has 0 saturated carbocycles. The highest BCUT2D eigenvalue weighted by molar-refractivity contribution is 7.84. The van der Waals surface area contributed by atoms with Crippen molar-refractivity contribution >= 4 is 16.7 Å². The molecule has 2 aromatic rings. The first-order valence-corrected chi connectivity index (χ1v) is 9.03. The quantitative estimate of drug-likeness (QED) is 0.794. The lowest BCUT2D eigenvalue weighted by Gasteiger charge is -2.08. The molecule has 23 heavy (non-hydrogen) atoms. The molecule has 5 heteroatoms. The van der Waals surface area contributed by atoms with Crippen LogP contribution in [0.5, 0.6) is 5.75 Å². The maximum absolute atomic E-state index is 12.0. The maximum Gasteiger partial charge on any atom is 0.251 e. The number of nitrogens with one attached hydrogen (secondary N) is 1. The van der Waals surface area contributed by atoms with E-state index in [2.05, 4.69) is 5.32 Å². The van der Waals surface area contributed by atoms with Crippen LogP contribution in [0.2, 0.25) is 0 Å². The number of benzene rings is 2. The largest absolute Gasteiger partial charge is 0.494 e. The number of amides is 1. The molecule has 0 radical (unpaired) electrons. The van der Waals surface area contributed by atoms with Gasteiger partial charge < -0.3 is 10.1 Å². The van der Waals surface area contributed by atoms with Gasteiger partial charge in [0.2, 0.25) is 0 Å². The van der Waals surface area contributed by atoms with Gasteiger partial charge in [-0.1, -0.05) is 12.1 Å². The van der Waals surface area contributed by atoms with E-state index in [0.29, 0.717) is 23.6 Å². The molecule has 0 heterocycles. The van der Waals surface area contributed by atoms with Crippen LogP contribution in [-0.4, -0.2) is 29.5 Å². The summed E-state index contributed by atoms with van der Waals surface area (Å²) in [6.07, 6.45) is 2.35. The summed E-state index contributed by atoms with van der Waals surface area (Å²) >= 11 is 0. The second-order valence-corrected chi connectivity index (χ2v) is 6.63. The smallest absolute Gasteiger partial charge is 0.251 e. The van der Waals surface area contributed by atoms with Crippen LogP contribution in [-0.2, 0) is 10.8 Å². The molecule has 0 saturated heterocycles. The van der Waals surface area contributed by atoms with Crippen LogP contribution in [0.3, 0.4) is 0 Å². The Bertz CT molecular complexity index is 683. The highest BCUT2D eigenvalue weighted by Gasteiger charge is 2.05. The van der Waals surface area contributed by atoms with Gasteiger partial charge in [0, 0.05) is 34.1 Å². The molecular weight excluding hydrogens is 310 g/mol. The standard InChI is InChI=1S/C18H21NO3S/c1-14-5-3-6-16(13-14)22-12-4-11-19-18(20)15-7-9-17(10-8-15)23(2)21/h3,5-10,13H,4,11-12H2,1-2H3,(H,19,20)/t23-/m0/s1. The molecule has 0 spiro atoms. The third kappa shape index (κ3) is 5.53. The Morgan fingerprint density at radius 1 is 1.17 bits per heavy atom. The number of rotatable bonds is 7. The molecule has 1 amide bonds. The van der Waals surface area contributed by atoms with Crippen molar-refractivity contribution < 1.29 is 13.7 Å². The van der Waals surface area contributed by atoms with E-state index in [-0.39, 0.29) is 5.91 Å². The first-order chi connectivity index (χ1) is 11.1. The highest BCUT2D eigenvalue weighted by atomic mass is 32.2.